The van der Waals surface area contributed by atoms with Gasteiger partial charge in [-0.15, -0.1) is 0 Å². The SMILES string of the molecule is CCC1CCC(Oc2ccc3ccc(C(CC)CC4CCC(C(=O)O)CC4)cc3c2C(F)(F)F)CC1. The lowest BCUT2D eigenvalue weighted by Crippen LogP contribution is -2.25. The fourth-order valence-corrected chi connectivity index (χ4v) is 6.39. The van der Waals surface area contributed by atoms with Crippen molar-refractivity contribution in [1.82, 2.24) is 0 Å². The first kappa shape index (κ1) is 26.8. The summed E-state index contributed by atoms with van der Waals surface area (Å²) in [5.74, 6) is 0.188. The first-order valence-corrected chi connectivity index (χ1v) is 13.7. The van der Waals surface area contributed by atoms with Crippen LogP contribution in [-0.2, 0) is 11.0 Å². The molecule has 1 unspecified atom stereocenters. The van der Waals surface area contributed by atoms with Gasteiger partial charge < -0.3 is 9.84 Å². The standard InChI is InChI=1S/C30H39F3O3/c1-3-19-7-14-25(15-8-19)36-27-16-13-22-11-12-24(18-26(22)28(27)30(31,32)33)21(4-2)17-20-5-9-23(10-6-20)29(34)35/h11-13,16,18-21,23,25H,3-10,14-15,17H2,1-2H3,(H,34,35). The van der Waals surface area contributed by atoms with Gasteiger partial charge in [-0.2, -0.15) is 13.2 Å². The number of fused-ring (bicyclic) bond motifs is 1. The molecule has 2 saturated carbocycles. The number of aliphatic carboxylic acids is 1. The third kappa shape index (κ3) is 6.18. The van der Waals surface area contributed by atoms with Gasteiger partial charge in [-0.25, -0.2) is 0 Å². The van der Waals surface area contributed by atoms with Gasteiger partial charge in [0.05, 0.1) is 12.0 Å². The van der Waals surface area contributed by atoms with Crippen LogP contribution in [0.4, 0.5) is 13.2 Å². The van der Waals surface area contributed by atoms with Crippen molar-refractivity contribution in [3.63, 3.8) is 0 Å². The minimum atomic E-state index is -4.51. The van der Waals surface area contributed by atoms with Crippen LogP contribution in [0.3, 0.4) is 0 Å². The van der Waals surface area contributed by atoms with E-state index in [1.165, 1.54) is 6.07 Å². The highest BCUT2D eigenvalue weighted by atomic mass is 19.4. The number of hydrogen-bond acceptors (Lipinski definition) is 2. The van der Waals surface area contributed by atoms with Crippen molar-refractivity contribution in [3.05, 3.63) is 41.5 Å². The van der Waals surface area contributed by atoms with Gasteiger partial charge in [0.1, 0.15) is 11.3 Å². The molecule has 2 aliphatic carbocycles. The van der Waals surface area contributed by atoms with Gasteiger partial charge in [-0.1, -0.05) is 44.5 Å². The molecule has 0 amide bonds. The smallest absolute Gasteiger partial charge is 0.420 e. The summed E-state index contributed by atoms with van der Waals surface area (Å²) < 4.78 is 49.3. The second kappa shape index (κ2) is 11.4. The van der Waals surface area contributed by atoms with Crippen molar-refractivity contribution >= 4 is 16.7 Å². The van der Waals surface area contributed by atoms with E-state index in [0.29, 0.717) is 30.1 Å². The summed E-state index contributed by atoms with van der Waals surface area (Å²) in [4.78, 5) is 11.3. The second-order valence-electron chi connectivity index (χ2n) is 11.0. The predicted molar refractivity (Wildman–Crippen MR) is 136 cm³/mol. The maximum absolute atomic E-state index is 14.4. The number of benzene rings is 2. The monoisotopic (exact) mass is 504 g/mol. The zero-order valence-corrected chi connectivity index (χ0v) is 21.4. The molecule has 198 valence electrons. The number of hydrogen-bond donors (Lipinski definition) is 1. The topological polar surface area (TPSA) is 46.5 Å². The van der Waals surface area contributed by atoms with Gasteiger partial charge in [0.15, 0.2) is 0 Å². The molecule has 1 N–H and O–H groups in total. The van der Waals surface area contributed by atoms with Gasteiger partial charge in [0, 0.05) is 0 Å². The number of ether oxygens (including phenoxy) is 1. The van der Waals surface area contributed by atoms with Crippen LogP contribution in [0.2, 0.25) is 0 Å². The number of halogens is 3. The molecule has 1 atom stereocenters. The highest BCUT2D eigenvalue weighted by Crippen LogP contribution is 2.44. The van der Waals surface area contributed by atoms with Crippen LogP contribution in [0.15, 0.2) is 30.3 Å². The molecule has 4 rings (SSSR count). The summed E-state index contributed by atoms with van der Waals surface area (Å²) in [5, 5.41) is 10.1. The van der Waals surface area contributed by atoms with Crippen LogP contribution in [0, 0.1) is 17.8 Å². The van der Waals surface area contributed by atoms with Gasteiger partial charge in [-0.05, 0) is 104 Å². The molecule has 0 spiro atoms. The number of carboxylic acids is 1. The van der Waals surface area contributed by atoms with Gasteiger partial charge in [0.2, 0.25) is 0 Å². The zero-order valence-electron chi connectivity index (χ0n) is 21.4. The van der Waals surface area contributed by atoms with Crippen LogP contribution in [0.1, 0.15) is 102 Å². The Morgan fingerprint density at radius 1 is 0.972 bits per heavy atom. The molecule has 6 heteroatoms. The summed E-state index contributed by atoms with van der Waals surface area (Å²) in [6.07, 6.45) is 4.88. The molecule has 2 aromatic carbocycles. The Bertz CT molecular complexity index is 1030. The molecule has 0 radical (unpaired) electrons. The van der Waals surface area contributed by atoms with Crippen molar-refractivity contribution in [2.24, 2.45) is 17.8 Å². The fraction of sp³-hybridized carbons (Fsp3) is 0.633. The van der Waals surface area contributed by atoms with Crippen LogP contribution < -0.4 is 4.74 Å². The molecule has 36 heavy (non-hydrogen) atoms. The van der Waals surface area contributed by atoms with Crippen LogP contribution >= 0.6 is 0 Å². The molecule has 0 aliphatic heterocycles. The Kier molecular flexibility index (Phi) is 8.52. The predicted octanol–water partition coefficient (Wildman–Crippen LogP) is 8.98. The number of carboxylic acid groups (broad SMARTS) is 1. The van der Waals surface area contributed by atoms with E-state index in [2.05, 4.69) is 13.8 Å². The lowest BCUT2D eigenvalue weighted by atomic mass is 9.76. The Morgan fingerprint density at radius 2 is 1.61 bits per heavy atom. The van der Waals surface area contributed by atoms with E-state index in [-0.39, 0.29) is 29.1 Å². The fourth-order valence-electron chi connectivity index (χ4n) is 6.39. The average molecular weight is 505 g/mol. The largest absolute Gasteiger partial charge is 0.490 e. The maximum Gasteiger partial charge on any atom is 0.420 e. The van der Waals surface area contributed by atoms with Gasteiger partial charge in [0.25, 0.3) is 0 Å². The lowest BCUT2D eigenvalue weighted by molar-refractivity contribution is -0.143. The normalized spacial score (nSPS) is 26.0. The molecular formula is C30H39F3O3. The Labute approximate surface area is 212 Å². The number of rotatable bonds is 8. The lowest BCUT2D eigenvalue weighted by Gasteiger charge is -2.30. The molecule has 3 nitrogen and oxygen atoms in total. The third-order valence-electron chi connectivity index (χ3n) is 8.73. The van der Waals surface area contributed by atoms with Crippen molar-refractivity contribution in [2.75, 3.05) is 0 Å². The molecular weight excluding hydrogens is 465 g/mol. The van der Waals surface area contributed by atoms with Crippen LogP contribution in [0.25, 0.3) is 10.8 Å². The van der Waals surface area contributed by atoms with E-state index >= 15 is 0 Å². The van der Waals surface area contributed by atoms with E-state index in [4.69, 9.17) is 4.74 Å². The molecule has 0 bridgehead atoms. The Balaban J connectivity index is 1.58. The maximum atomic E-state index is 14.4. The summed E-state index contributed by atoms with van der Waals surface area (Å²) in [5.41, 5.74) is 0.271. The van der Waals surface area contributed by atoms with E-state index in [1.54, 1.807) is 18.2 Å². The van der Waals surface area contributed by atoms with Crippen LogP contribution in [0.5, 0.6) is 5.75 Å². The Hall–Kier alpha value is -2.24. The first-order valence-electron chi connectivity index (χ1n) is 13.7. The van der Waals surface area contributed by atoms with Crippen molar-refractivity contribution in [3.8, 4) is 5.75 Å². The minimum absolute atomic E-state index is 0.0489. The molecule has 0 heterocycles. The van der Waals surface area contributed by atoms with E-state index in [0.717, 1.165) is 63.4 Å². The zero-order chi connectivity index (χ0) is 25.9. The summed E-state index contributed by atoms with van der Waals surface area (Å²) in [6, 6.07) is 8.74. The molecule has 2 aromatic rings. The minimum Gasteiger partial charge on any atom is -0.490 e. The summed E-state index contributed by atoms with van der Waals surface area (Å²) in [6.45, 7) is 4.24. The van der Waals surface area contributed by atoms with Crippen molar-refractivity contribution < 1.29 is 27.8 Å². The van der Waals surface area contributed by atoms with Crippen LogP contribution in [-0.4, -0.2) is 17.2 Å². The number of alkyl halides is 3. The van der Waals surface area contributed by atoms with E-state index < -0.39 is 17.7 Å². The highest BCUT2D eigenvalue weighted by molar-refractivity contribution is 5.89. The quantitative estimate of drug-likeness (QED) is 0.390. The van der Waals surface area contributed by atoms with Gasteiger partial charge in [-0.3, -0.25) is 4.79 Å². The highest BCUT2D eigenvalue weighted by Gasteiger charge is 2.38. The summed E-state index contributed by atoms with van der Waals surface area (Å²) in [7, 11) is 0. The molecule has 0 aromatic heterocycles. The molecule has 2 fully saturated rings. The third-order valence-corrected chi connectivity index (χ3v) is 8.73. The van der Waals surface area contributed by atoms with E-state index in [9.17, 15) is 23.1 Å². The molecule has 0 saturated heterocycles. The number of carbonyl (C=O) groups is 1. The average Bonchev–Trinajstić information content (AvgIpc) is 2.86. The van der Waals surface area contributed by atoms with E-state index in [1.807, 2.05) is 6.07 Å². The van der Waals surface area contributed by atoms with Crippen molar-refractivity contribution in [1.29, 1.82) is 0 Å². The first-order chi connectivity index (χ1) is 17.2. The summed E-state index contributed by atoms with van der Waals surface area (Å²) >= 11 is 0. The van der Waals surface area contributed by atoms with Crippen molar-refractivity contribution in [2.45, 2.75) is 103 Å². The van der Waals surface area contributed by atoms with Gasteiger partial charge >= 0.3 is 12.1 Å². The molecule has 2 aliphatic rings. The second-order valence-corrected chi connectivity index (χ2v) is 11.0. The Morgan fingerprint density at radius 3 is 2.19 bits per heavy atom.